The summed E-state index contributed by atoms with van der Waals surface area (Å²) in [6.07, 6.45) is -0.953. The zero-order chi connectivity index (χ0) is 23.8. The van der Waals surface area contributed by atoms with Crippen molar-refractivity contribution in [3.05, 3.63) is 28.8 Å². The second-order valence-electron chi connectivity index (χ2n) is 9.23. The van der Waals surface area contributed by atoms with Gasteiger partial charge in [-0.1, -0.05) is 13.0 Å². The lowest BCUT2D eigenvalue weighted by Crippen LogP contribution is -2.45. The number of alkyl halides is 3. The second-order valence-corrected chi connectivity index (χ2v) is 10.3. The number of ether oxygens (including phenoxy) is 1. The van der Waals surface area contributed by atoms with Crippen LogP contribution in [0.1, 0.15) is 55.1 Å². The van der Waals surface area contributed by atoms with Crippen molar-refractivity contribution in [3.8, 4) is 0 Å². The van der Waals surface area contributed by atoms with Crippen molar-refractivity contribution in [1.29, 1.82) is 0 Å². The molecule has 0 radical (unpaired) electrons. The molecule has 2 aliphatic rings. The monoisotopic (exact) mass is 483 g/mol. The number of aromatic nitrogens is 1. The maximum absolute atomic E-state index is 12.7. The summed E-state index contributed by atoms with van der Waals surface area (Å²) in [6.45, 7) is 2.56. The van der Waals surface area contributed by atoms with E-state index < -0.39 is 30.7 Å². The highest BCUT2D eigenvalue weighted by atomic mass is 32.1. The number of halogens is 3. The summed E-state index contributed by atoms with van der Waals surface area (Å²) in [4.78, 5) is 33.3. The summed E-state index contributed by atoms with van der Waals surface area (Å²) < 4.78 is 42.5. The lowest BCUT2D eigenvalue weighted by Gasteiger charge is -2.38. The summed E-state index contributed by atoms with van der Waals surface area (Å²) in [5.41, 5.74) is 1.69. The first-order chi connectivity index (χ1) is 15.6. The van der Waals surface area contributed by atoms with Gasteiger partial charge in [0.2, 0.25) is 0 Å². The first kappa shape index (κ1) is 23.9. The Morgan fingerprint density at radius 2 is 2.00 bits per heavy atom. The van der Waals surface area contributed by atoms with Crippen LogP contribution in [0.15, 0.2) is 18.2 Å². The Balaban J connectivity index is 1.55. The number of likely N-dealkylation sites (N-methyl/N-ethyl adjacent to an activating group) is 1. The number of likely N-dealkylation sites (tertiary alicyclic amines) is 2. The van der Waals surface area contributed by atoms with Crippen LogP contribution in [0.25, 0.3) is 10.2 Å². The number of fused-ring (bicyclic) bond motifs is 1. The molecule has 4 rings (SSSR count). The molecule has 3 heterocycles. The molecule has 1 unspecified atom stereocenters. The minimum atomic E-state index is -4.68. The highest BCUT2D eigenvalue weighted by Gasteiger charge is 2.37. The maximum Gasteiger partial charge on any atom is 0.422 e. The fraction of sp³-hybridized carbons (Fsp3) is 0.609. The van der Waals surface area contributed by atoms with E-state index in [2.05, 4.69) is 16.7 Å². The Hall–Kier alpha value is -2.20. The predicted octanol–water partition coefficient (Wildman–Crippen LogP) is 4.51. The first-order valence-electron chi connectivity index (χ1n) is 11.2. The van der Waals surface area contributed by atoms with Crippen LogP contribution in [0.4, 0.5) is 13.2 Å². The Kier molecular flexibility index (Phi) is 6.95. The molecule has 0 N–H and O–H groups in total. The quantitative estimate of drug-likeness (QED) is 0.475. The highest BCUT2D eigenvalue weighted by Crippen LogP contribution is 2.37. The molecule has 1 aromatic heterocycles. The Morgan fingerprint density at radius 3 is 2.73 bits per heavy atom. The van der Waals surface area contributed by atoms with E-state index >= 15 is 0 Å². The highest BCUT2D eigenvalue weighted by molar-refractivity contribution is 7.18. The van der Waals surface area contributed by atoms with Gasteiger partial charge in [-0.05, 0) is 62.9 Å². The first-order valence-corrected chi connectivity index (χ1v) is 12.1. The third-order valence-electron chi connectivity index (χ3n) is 6.41. The number of piperidine rings is 2. The van der Waals surface area contributed by atoms with Gasteiger partial charge >= 0.3 is 18.1 Å². The molecule has 2 fully saturated rings. The number of carbonyl (C=O) groups is 2. The molecule has 3 atom stereocenters. The number of benzene rings is 1. The fourth-order valence-corrected chi connectivity index (χ4v) is 5.84. The molecule has 1 amide bonds. The van der Waals surface area contributed by atoms with Crippen LogP contribution >= 0.6 is 11.3 Å². The second kappa shape index (κ2) is 9.58. The third-order valence-corrected chi connectivity index (χ3v) is 7.61. The molecule has 180 valence electrons. The largest absolute Gasteiger partial charge is 0.449 e. The predicted molar refractivity (Wildman–Crippen MR) is 119 cm³/mol. The lowest BCUT2D eigenvalue weighted by molar-refractivity contribution is -0.190. The Labute approximate surface area is 194 Å². The zero-order valence-electron chi connectivity index (χ0n) is 18.7. The SMILES string of the molecule is C[C@H]1CC[C@H](c2ccc3sc(C4CCCN(C)C4)nc3c2)N(C(=O)C(=O)OCC(F)(F)F)C1. The number of hydrogen-bond acceptors (Lipinski definition) is 6. The molecular formula is C23H28F3N3O3S. The topological polar surface area (TPSA) is 62.7 Å². The van der Waals surface area contributed by atoms with E-state index in [0.717, 1.165) is 53.1 Å². The summed E-state index contributed by atoms with van der Waals surface area (Å²) in [5.74, 6) is -1.95. The molecule has 0 aliphatic carbocycles. The van der Waals surface area contributed by atoms with Crippen LogP contribution < -0.4 is 0 Å². The average Bonchev–Trinajstić information content (AvgIpc) is 3.20. The molecule has 0 saturated carbocycles. The van der Waals surface area contributed by atoms with Gasteiger partial charge in [0.1, 0.15) is 0 Å². The summed E-state index contributed by atoms with van der Waals surface area (Å²) in [7, 11) is 2.12. The van der Waals surface area contributed by atoms with E-state index in [1.807, 2.05) is 25.1 Å². The molecule has 1 aromatic carbocycles. The normalized spacial score (nSPS) is 24.8. The number of hydrogen-bond donors (Lipinski definition) is 0. The van der Waals surface area contributed by atoms with Crippen molar-refractivity contribution < 1.29 is 27.5 Å². The molecule has 33 heavy (non-hydrogen) atoms. The van der Waals surface area contributed by atoms with Crippen molar-refractivity contribution >= 4 is 33.4 Å². The minimum Gasteiger partial charge on any atom is -0.449 e. The van der Waals surface area contributed by atoms with Gasteiger partial charge in [0.15, 0.2) is 6.61 Å². The van der Waals surface area contributed by atoms with E-state index in [0.29, 0.717) is 18.9 Å². The number of carbonyl (C=O) groups excluding carboxylic acids is 2. The molecule has 2 aromatic rings. The van der Waals surface area contributed by atoms with Crippen molar-refractivity contribution in [2.24, 2.45) is 5.92 Å². The van der Waals surface area contributed by atoms with Crippen LogP contribution in [0.5, 0.6) is 0 Å². The van der Waals surface area contributed by atoms with Crippen molar-refractivity contribution in [2.45, 2.75) is 50.7 Å². The van der Waals surface area contributed by atoms with E-state index in [1.165, 1.54) is 4.90 Å². The molecule has 2 saturated heterocycles. The van der Waals surface area contributed by atoms with Gasteiger partial charge in [-0.3, -0.25) is 4.79 Å². The standard InChI is InChI=1S/C23H28F3N3O3S/c1-14-5-7-18(29(11-14)21(30)22(31)32-13-23(24,25)26)15-6-8-19-17(10-15)27-20(33-19)16-4-3-9-28(2)12-16/h6,8,10,14,16,18H,3-5,7,9,11-13H2,1-2H3/t14-,16?,18+/m0/s1. The van der Waals surface area contributed by atoms with Gasteiger partial charge in [-0.25, -0.2) is 9.78 Å². The van der Waals surface area contributed by atoms with Gasteiger partial charge in [0, 0.05) is 19.0 Å². The molecule has 0 bridgehead atoms. The van der Waals surface area contributed by atoms with Gasteiger partial charge in [-0.15, -0.1) is 11.3 Å². The number of esters is 1. The number of thiazole rings is 1. The fourth-order valence-electron chi connectivity index (χ4n) is 4.76. The van der Waals surface area contributed by atoms with Crippen LogP contribution in [-0.2, 0) is 14.3 Å². The van der Waals surface area contributed by atoms with Gasteiger partial charge < -0.3 is 14.5 Å². The molecule has 10 heteroatoms. The van der Waals surface area contributed by atoms with Gasteiger partial charge in [0.05, 0.1) is 21.3 Å². The van der Waals surface area contributed by atoms with Crippen molar-refractivity contribution in [2.75, 3.05) is 33.3 Å². The summed E-state index contributed by atoms with van der Waals surface area (Å²) >= 11 is 1.68. The smallest absolute Gasteiger partial charge is 0.422 e. The van der Waals surface area contributed by atoms with E-state index in [-0.39, 0.29) is 5.92 Å². The summed E-state index contributed by atoms with van der Waals surface area (Å²) in [6, 6.07) is 5.46. The number of rotatable bonds is 3. The number of nitrogens with zero attached hydrogens (tertiary/aromatic N) is 3. The van der Waals surface area contributed by atoms with Gasteiger partial charge in [-0.2, -0.15) is 13.2 Å². The van der Waals surface area contributed by atoms with Gasteiger partial charge in [0.25, 0.3) is 0 Å². The Morgan fingerprint density at radius 1 is 1.21 bits per heavy atom. The van der Waals surface area contributed by atoms with Crippen molar-refractivity contribution in [1.82, 2.24) is 14.8 Å². The third kappa shape index (κ3) is 5.66. The van der Waals surface area contributed by atoms with E-state index in [4.69, 9.17) is 4.98 Å². The van der Waals surface area contributed by atoms with Crippen LogP contribution in [0, 0.1) is 5.92 Å². The van der Waals surface area contributed by atoms with Crippen LogP contribution in [0.3, 0.4) is 0 Å². The molecule has 0 spiro atoms. The minimum absolute atomic E-state index is 0.138. The number of amides is 1. The average molecular weight is 484 g/mol. The zero-order valence-corrected chi connectivity index (χ0v) is 19.5. The molecule has 2 aliphatic heterocycles. The van der Waals surface area contributed by atoms with Crippen LogP contribution in [-0.4, -0.2) is 66.1 Å². The molecule has 6 nitrogen and oxygen atoms in total. The summed E-state index contributed by atoms with van der Waals surface area (Å²) in [5, 5.41) is 1.11. The molecular weight excluding hydrogens is 455 g/mol. The Bertz CT molecular complexity index is 1030. The van der Waals surface area contributed by atoms with E-state index in [9.17, 15) is 22.8 Å². The van der Waals surface area contributed by atoms with Crippen LogP contribution in [0.2, 0.25) is 0 Å². The maximum atomic E-state index is 12.7. The van der Waals surface area contributed by atoms with E-state index in [1.54, 1.807) is 11.3 Å². The van der Waals surface area contributed by atoms with Crippen molar-refractivity contribution in [3.63, 3.8) is 0 Å². The lowest BCUT2D eigenvalue weighted by atomic mass is 9.89.